The Kier molecular flexibility index (Phi) is 6.52. The van der Waals surface area contributed by atoms with Gasteiger partial charge in [-0.1, -0.05) is 48.5 Å². The van der Waals surface area contributed by atoms with Crippen molar-refractivity contribution in [3.05, 3.63) is 95.6 Å². The van der Waals surface area contributed by atoms with Crippen LogP contribution in [-0.2, 0) is 11.3 Å². The topological polar surface area (TPSA) is 101 Å². The first-order chi connectivity index (χ1) is 15.6. The van der Waals surface area contributed by atoms with Gasteiger partial charge in [0.2, 0.25) is 5.91 Å². The minimum Gasteiger partial charge on any atom is -0.375 e. The van der Waals surface area contributed by atoms with Gasteiger partial charge < -0.3 is 16.0 Å². The lowest BCUT2D eigenvalue weighted by Gasteiger charge is -2.22. The third-order valence-electron chi connectivity index (χ3n) is 4.71. The average molecular weight is 444 g/mol. The highest BCUT2D eigenvalue weighted by atomic mass is 32.1. The van der Waals surface area contributed by atoms with Crippen molar-refractivity contribution in [3.63, 3.8) is 0 Å². The zero-order chi connectivity index (χ0) is 22.3. The van der Waals surface area contributed by atoms with E-state index in [1.165, 1.54) is 16.2 Å². The van der Waals surface area contributed by atoms with Crippen LogP contribution in [0.1, 0.15) is 16.1 Å². The number of amides is 2. The Morgan fingerprint density at radius 2 is 1.72 bits per heavy atom. The van der Waals surface area contributed by atoms with E-state index in [2.05, 4.69) is 15.3 Å². The summed E-state index contributed by atoms with van der Waals surface area (Å²) in [5.74, 6) is -0.600. The Hall–Kier alpha value is -4.04. The van der Waals surface area contributed by atoms with Crippen molar-refractivity contribution >= 4 is 34.0 Å². The molecule has 4 aromatic rings. The van der Waals surface area contributed by atoms with E-state index in [-0.39, 0.29) is 18.4 Å². The van der Waals surface area contributed by atoms with Crippen LogP contribution in [0.25, 0.3) is 11.3 Å². The SMILES string of the molecule is Nc1nc(-c2ccc(NC(=O)CN(Cc3ccccc3)C(=O)c3ccccn3)cc2)cs1. The molecule has 0 spiro atoms. The number of hydrogen-bond donors (Lipinski definition) is 2. The third kappa shape index (κ3) is 5.35. The number of nitrogens with zero attached hydrogens (tertiary/aromatic N) is 3. The molecule has 0 unspecified atom stereocenters. The third-order valence-corrected chi connectivity index (χ3v) is 5.38. The van der Waals surface area contributed by atoms with Gasteiger partial charge in [0.1, 0.15) is 12.2 Å². The van der Waals surface area contributed by atoms with Crippen molar-refractivity contribution in [2.24, 2.45) is 0 Å². The largest absolute Gasteiger partial charge is 0.375 e. The summed E-state index contributed by atoms with van der Waals surface area (Å²) in [6.45, 7) is 0.197. The van der Waals surface area contributed by atoms with E-state index in [1.807, 2.05) is 47.8 Å². The smallest absolute Gasteiger partial charge is 0.273 e. The second-order valence-corrected chi connectivity index (χ2v) is 7.95. The normalized spacial score (nSPS) is 10.5. The molecular weight excluding hydrogens is 422 g/mol. The Morgan fingerprint density at radius 3 is 2.38 bits per heavy atom. The van der Waals surface area contributed by atoms with Crippen molar-refractivity contribution in [1.29, 1.82) is 0 Å². The van der Waals surface area contributed by atoms with Gasteiger partial charge in [-0.2, -0.15) is 0 Å². The van der Waals surface area contributed by atoms with Gasteiger partial charge >= 0.3 is 0 Å². The molecular formula is C24H21N5O2S. The van der Waals surface area contributed by atoms with Crippen molar-refractivity contribution in [2.75, 3.05) is 17.6 Å². The van der Waals surface area contributed by atoms with Crippen LogP contribution < -0.4 is 11.1 Å². The molecule has 2 heterocycles. The summed E-state index contributed by atoms with van der Waals surface area (Å²) in [6, 6.07) is 22.0. The number of rotatable bonds is 7. The van der Waals surface area contributed by atoms with Crippen LogP contribution in [0, 0.1) is 0 Å². The highest BCUT2D eigenvalue weighted by molar-refractivity contribution is 7.13. The summed E-state index contributed by atoms with van der Waals surface area (Å²) in [7, 11) is 0. The van der Waals surface area contributed by atoms with Gasteiger partial charge in [0.05, 0.1) is 5.69 Å². The number of thiazole rings is 1. The lowest BCUT2D eigenvalue weighted by molar-refractivity contribution is -0.117. The predicted octanol–water partition coefficient (Wildman–Crippen LogP) is 4.07. The Morgan fingerprint density at radius 1 is 0.969 bits per heavy atom. The number of pyridine rings is 1. The molecule has 0 aliphatic heterocycles. The second-order valence-electron chi connectivity index (χ2n) is 7.06. The van der Waals surface area contributed by atoms with Gasteiger partial charge in [0, 0.05) is 29.4 Å². The predicted molar refractivity (Wildman–Crippen MR) is 126 cm³/mol. The summed E-state index contributed by atoms with van der Waals surface area (Å²) in [4.78, 5) is 35.6. The number of aromatic nitrogens is 2. The van der Waals surface area contributed by atoms with Gasteiger partial charge in [0.15, 0.2) is 5.13 Å². The first-order valence-electron chi connectivity index (χ1n) is 9.94. The maximum Gasteiger partial charge on any atom is 0.273 e. The minimum absolute atomic E-state index is 0.103. The Labute approximate surface area is 189 Å². The monoisotopic (exact) mass is 443 g/mol. The van der Waals surface area contributed by atoms with Crippen LogP contribution in [0.2, 0.25) is 0 Å². The Balaban J connectivity index is 1.46. The molecule has 0 bridgehead atoms. The quantitative estimate of drug-likeness (QED) is 0.448. The number of hydrogen-bond acceptors (Lipinski definition) is 6. The number of nitrogens with one attached hydrogen (secondary N) is 1. The molecule has 2 amide bonds. The highest BCUT2D eigenvalue weighted by Gasteiger charge is 2.20. The highest BCUT2D eigenvalue weighted by Crippen LogP contribution is 2.24. The van der Waals surface area contributed by atoms with E-state index in [4.69, 9.17) is 5.73 Å². The average Bonchev–Trinajstić information content (AvgIpc) is 3.26. The summed E-state index contributed by atoms with van der Waals surface area (Å²) in [6.07, 6.45) is 1.56. The van der Waals surface area contributed by atoms with E-state index in [9.17, 15) is 9.59 Å². The molecule has 4 rings (SSSR count). The molecule has 0 radical (unpaired) electrons. The number of carbonyl (C=O) groups excluding carboxylic acids is 2. The van der Waals surface area contributed by atoms with Crippen molar-refractivity contribution in [2.45, 2.75) is 6.54 Å². The standard InChI is InChI=1S/C24H21N5O2S/c25-24-28-21(16-32-24)18-9-11-19(12-10-18)27-22(30)15-29(14-17-6-2-1-3-7-17)23(31)20-8-4-5-13-26-20/h1-13,16H,14-15H2,(H2,25,28)(H,27,30). The summed E-state index contributed by atoms with van der Waals surface area (Å²) < 4.78 is 0. The molecule has 2 aromatic carbocycles. The fourth-order valence-electron chi connectivity index (χ4n) is 3.17. The van der Waals surface area contributed by atoms with Crippen molar-refractivity contribution in [1.82, 2.24) is 14.9 Å². The molecule has 0 fully saturated rings. The summed E-state index contributed by atoms with van der Waals surface area (Å²) in [5, 5.41) is 5.24. The van der Waals surface area contributed by atoms with Crippen molar-refractivity contribution < 1.29 is 9.59 Å². The molecule has 0 aliphatic rings. The second kappa shape index (κ2) is 9.84. The summed E-state index contributed by atoms with van der Waals surface area (Å²) >= 11 is 1.38. The molecule has 3 N–H and O–H groups in total. The van der Waals surface area contributed by atoms with E-state index in [0.29, 0.717) is 23.1 Å². The molecule has 160 valence electrons. The summed E-state index contributed by atoms with van der Waals surface area (Å²) in [5.41, 5.74) is 9.25. The minimum atomic E-state index is -0.305. The number of nitrogens with two attached hydrogens (primary N) is 1. The van der Waals surface area contributed by atoms with Gasteiger partial charge in [0.25, 0.3) is 5.91 Å². The van der Waals surface area contributed by atoms with E-state index in [0.717, 1.165) is 16.8 Å². The molecule has 0 atom stereocenters. The van der Waals surface area contributed by atoms with Crippen LogP contribution in [0.4, 0.5) is 10.8 Å². The number of carbonyl (C=O) groups is 2. The van der Waals surface area contributed by atoms with Crippen LogP contribution in [0.3, 0.4) is 0 Å². The lowest BCUT2D eigenvalue weighted by atomic mass is 10.1. The molecule has 7 nitrogen and oxygen atoms in total. The van der Waals surface area contributed by atoms with E-state index >= 15 is 0 Å². The first-order valence-corrected chi connectivity index (χ1v) is 10.8. The van der Waals surface area contributed by atoms with Gasteiger partial charge in [-0.15, -0.1) is 11.3 Å². The molecule has 0 aliphatic carbocycles. The van der Waals surface area contributed by atoms with Crippen molar-refractivity contribution in [3.8, 4) is 11.3 Å². The zero-order valence-corrected chi connectivity index (χ0v) is 18.0. The fraction of sp³-hybridized carbons (Fsp3) is 0.0833. The van der Waals surface area contributed by atoms with E-state index in [1.54, 1.807) is 36.5 Å². The van der Waals surface area contributed by atoms with Crippen LogP contribution >= 0.6 is 11.3 Å². The molecule has 0 saturated heterocycles. The fourth-order valence-corrected chi connectivity index (χ4v) is 3.75. The maximum atomic E-state index is 13.0. The van der Waals surface area contributed by atoms with Crippen LogP contribution in [-0.4, -0.2) is 33.2 Å². The van der Waals surface area contributed by atoms with Crippen LogP contribution in [0.15, 0.2) is 84.4 Å². The van der Waals surface area contributed by atoms with Gasteiger partial charge in [-0.05, 0) is 29.8 Å². The molecule has 32 heavy (non-hydrogen) atoms. The molecule has 0 saturated carbocycles. The van der Waals surface area contributed by atoms with Gasteiger partial charge in [-0.25, -0.2) is 4.98 Å². The zero-order valence-electron chi connectivity index (χ0n) is 17.1. The Bertz CT molecular complexity index is 1190. The number of nitrogen functional groups attached to an aromatic ring is 1. The van der Waals surface area contributed by atoms with E-state index < -0.39 is 0 Å². The van der Waals surface area contributed by atoms with Gasteiger partial charge in [-0.3, -0.25) is 14.6 Å². The molecule has 8 heteroatoms. The maximum absolute atomic E-state index is 13.0. The number of benzene rings is 2. The first kappa shape index (κ1) is 21.2. The molecule has 2 aromatic heterocycles. The number of anilines is 2. The van der Waals surface area contributed by atoms with Crippen LogP contribution in [0.5, 0.6) is 0 Å². The lowest BCUT2D eigenvalue weighted by Crippen LogP contribution is -2.38.